The third kappa shape index (κ3) is 3.10. The molecule has 1 aliphatic carbocycles. The van der Waals surface area contributed by atoms with Crippen molar-refractivity contribution in [3.8, 4) is 0 Å². The first kappa shape index (κ1) is 10.7. The van der Waals surface area contributed by atoms with Gasteiger partial charge >= 0.3 is 0 Å². The van der Waals surface area contributed by atoms with E-state index in [1.54, 1.807) is 0 Å². The van der Waals surface area contributed by atoms with Crippen LogP contribution < -0.4 is 0 Å². The largest absolute Gasteiger partial charge is 0.298 e. The van der Waals surface area contributed by atoms with Gasteiger partial charge in [-0.1, -0.05) is 36.8 Å². The van der Waals surface area contributed by atoms with Gasteiger partial charge in [0.25, 0.3) is 0 Å². The van der Waals surface area contributed by atoms with Gasteiger partial charge in [0.2, 0.25) is 0 Å². The quantitative estimate of drug-likeness (QED) is 0.776. The highest BCUT2D eigenvalue weighted by Crippen LogP contribution is 2.28. The fraction of sp³-hybridized carbons (Fsp3) is 0.462. The van der Waals surface area contributed by atoms with Crippen LogP contribution in [0.25, 0.3) is 0 Å². The smallest absolute Gasteiger partial charge is 0.145 e. The van der Waals surface area contributed by atoms with Crippen molar-refractivity contribution in [1.82, 2.24) is 0 Å². The first-order valence-electron chi connectivity index (χ1n) is 5.54. The number of hydrogen-bond donors (Lipinski definition) is 0. The van der Waals surface area contributed by atoms with Gasteiger partial charge in [-0.05, 0) is 18.4 Å². The minimum Gasteiger partial charge on any atom is -0.298 e. The van der Waals surface area contributed by atoms with Gasteiger partial charge < -0.3 is 0 Å². The third-order valence-electron chi connectivity index (χ3n) is 2.79. The molecule has 0 N–H and O–H groups in total. The first-order chi connectivity index (χ1) is 7.36. The molecule has 1 saturated carbocycles. The maximum atomic E-state index is 11.6. The van der Waals surface area contributed by atoms with E-state index in [9.17, 15) is 4.79 Å². The van der Waals surface area contributed by atoms with E-state index in [4.69, 9.17) is 0 Å². The summed E-state index contributed by atoms with van der Waals surface area (Å²) in [6.45, 7) is 0. The summed E-state index contributed by atoms with van der Waals surface area (Å²) in [5.41, 5.74) is 1.32. The van der Waals surface area contributed by atoms with Crippen molar-refractivity contribution in [1.29, 1.82) is 0 Å². The molecule has 1 unspecified atom stereocenters. The molecule has 1 atom stereocenters. The average molecular weight is 220 g/mol. The molecule has 1 nitrogen and oxygen atoms in total. The van der Waals surface area contributed by atoms with Crippen LogP contribution in [-0.2, 0) is 10.5 Å². The highest BCUT2D eigenvalue weighted by atomic mass is 32.2. The van der Waals surface area contributed by atoms with Crippen molar-refractivity contribution in [2.24, 2.45) is 0 Å². The molecule has 0 saturated heterocycles. The second kappa shape index (κ2) is 5.36. The lowest BCUT2D eigenvalue weighted by Gasteiger charge is -2.19. The summed E-state index contributed by atoms with van der Waals surface area (Å²) in [6.07, 6.45) is 4.20. The second-order valence-electron chi connectivity index (χ2n) is 4.00. The van der Waals surface area contributed by atoms with E-state index in [1.807, 2.05) is 17.8 Å². The lowest BCUT2D eigenvalue weighted by Crippen LogP contribution is -2.21. The zero-order valence-electron chi connectivity index (χ0n) is 8.82. The monoisotopic (exact) mass is 220 g/mol. The third-order valence-corrected chi connectivity index (χ3v) is 4.19. The standard InChI is InChI=1S/C13H16OS/c14-12-8-4-5-9-13(12)15-10-11-6-2-1-3-7-11/h1-3,6-7,13H,4-5,8-10H2. The second-order valence-corrected chi connectivity index (χ2v) is 5.19. The van der Waals surface area contributed by atoms with E-state index in [1.165, 1.54) is 12.0 Å². The lowest BCUT2D eigenvalue weighted by atomic mass is 9.99. The molecule has 0 radical (unpaired) electrons. The van der Waals surface area contributed by atoms with Crippen molar-refractivity contribution in [3.05, 3.63) is 35.9 Å². The van der Waals surface area contributed by atoms with E-state index < -0.39 is 0 Å². The van der Waals surface area contributed by atoms with Gasteiger partial charge in [0.1, 0.15) is 5.78 Å². The first-order valence-corrected chi connectivity index (χ1v) is 6.59. The SMILES string of the molecule is O=C1CCCCC1SCc1ccccc1. The molecule has 0 spiro atoms. The summed E-state index contributed by atoms with van der Waals surface area (Å²) < 4.78 is 0. The summed E-state index contributed by atoms with van der Waals surface area (Å²) in [5.74, 6) is 1.43. The number of carbonyl (C=O) groups excluding carboxylic acids is 1. The molecule has 1 fully saturated rings. The Balaban J connectivity index is 1.85. The predicted molar refractivity (Wildman–Crippen MR) is 65.0 cm³/mol. The molecule has 0 aliphatic heterocycles. The van der Waals surface area contributed by atoms with E-state index in [-0.39, 0.29) is 5.25 Å². The lowest BCUT2D eigenvalue weighted by molar-refractivity contribution is -0.119. The highest BCUT2D eigenvalue weighted by molar-refractivity contribution is 7.99. The molecule has 1 aromatic carbocycles. The Labute approximate surface area is 95.3 Å². The van der Waals surface area contributed by atoms with Crippen molar-refractivity contribution in [2.75, 3.05) is 0 Å². The number of benzene rings is 1. The van der Waals surface area contributed by atoms with Crippen LogP contribution in [0.5, 0.6) is 0 Å². The predicted octanol–water partition coefficient (Wildman–Crippen LogP) is 3.43. The molecule has 0 amide bonds. The molecular formula is C13H16OS. The molecular weight excluding hydrogens is 204 g/mol. The fourth-order valence-corrected chi connectivity index (χ4v) is 3.12. The molecule has 0 heterocycles. The van der Waals surface area contributed by atoms with E-state index in [0.717, 1.165) is 25.0 Å². The Kier molecular flexibility index (Phi) is 3.84. The minimum absolute atomic E-state index is 0.263. The van der Waals surface area contributed by atoms with Crippen molar-refractivity contribution < 1.29 is 4.79 Å². The van der Waals surface area contributed by atoms with Crippen molar-refractivity contribution in [2.45, 2.75) is 36.7 Å². The van der Waals surface area contributed by atoms with Gasteiger partial charge in [-0.3, -0.25) is 4.79 Å². The normalized spacial score (nSPS) is 21.6. The Bertz CT molecular complexity index is 321. The summed E-state index contributed by atoms with van der Waals surface area (Å²) in [5, 5.41) is 0.263. The molecule has 0 aromatic heterocycles. The number of rotatable bonds is 3. The maximum absolute atomic E-state index is 11.6. The van der Waals surface area contributed by atoms with Crippen LogP contribution in [0.3, 0.4) is 0 Å². The van der Waals surface area contributed by atoms with Crippen LogP contribution in [0.4, 0.5) is 0 Å². The summed E-state index contributed by atoms with van der Waals surface area (Å²) >= 11 is 1.81. The van der Waals surface area contributed by atoms with E-state index >= 15 is 0 Å². The number of ketones is 1. The summed E-state index contributed by atoms with van der Waals surface area (Å²) in [6, 6.07) is 10.4. The molecule has 0 bridgehead atoms. The number of carbonyl (C=O) groups is 1. The van der Waals surface area contributed by atoms with Crippen LogP contribution >= 0.6 is 11.8 Å². The Hall–Kier alpha value is -0.760. The van der Waals surface area contributed by atoms with Crippen LogP contribution in [0, 0.1) is 0 Å². The molecule has 80 valence electrons. The topological polar surface area (TPSA) is 17.1 Å². The Morgan fingerprint density at radius 2 is 2.00 bits per heavy atom. The van der Waals surface area contributed by atoms with Gasteiger partial charge in [0.15, 0.2) is 0 Å². The van der Waals surface area contributed by atoms with Gasteiger partial charge in [-0.25, -0.2) is 0 Å². The number of hydrogen-bond acceptors (Lipinski definition) is 2. The number of thioether (sulfide) groups is 1. The maximum Gasteiger partial charge on any atom is 0.145 e. The fourth-order valence-electron chi connectivity index (χ4n) is 1.90. The van der Waals surface area contributed by atoms with E-state index in [0.29, 0.717) is 5.78 Å². The molecule has 15 heavy (non-hydrogen) atoms. The average Bonchev–Trinajstić information content (AvgIpc) is 2.29. The van der Waals surface area contributed by atoms with Crippen LogP contribution in [0.1, 0.15) is 31.2 Å². The molecule has 2 heteroatoms. The van der Waals surface area contributed by atoms with E-state index in [2.05, 4.69) is 24.3 Å². The van der Waals surface area contributed by atoms with Gasteiger partial charge in [-0.2, -0.15) is 0 Å². The molecule has 1 aliphatic rings. The molecule has 1 aromatic rings. The zero-order chi connectivity index (χ0) is 10.5. The van der Waals surface area contributed by atoms with Crippen molar-refractivity contribution >= 4 is 17.5 Å². The minimum atomic E-state index is 0.263. The van der Waals surface area contributed by atoms with Gasteiger partial charge in [0.05, 0.1) is 5.25 Å². The zero-order valence-corrected chi connectivity index (χ0v) is 9.63. The molecule has 2 rings (SSSR count). The Morgan fingerprint density at radius 1 is 1.20 bits per heavy atom. The van der Waals surface area contributed by atoms with Crippen LogP contribution in [0.2, 0.25) is 0 Å². The van der Waals surface area contributed by atoms with Crippen LogP contribution in [-0.4, -0.2) is 11.0 Å². The summed E-state index contributed by atoms with van der Waals surface area (Å²) in [7, 11) is 0. The van der Waals surface area contributed by atoms with Gasteiger partial charge in [-0.15, -0.1) is 11.8 Å². The highest BCUT2D eigenvalue weighted by Gasteiger charge is 2.21. The van der Waals surface area contributed by atoms with Crippen LogP contribution in [0.15, 0.2) is 30.3 Å². The number of Topliss-reactive ketones (excluding diaryl/α,β-unsaturated/α-hetero) is 1. The summed E-state index contributed by atoms with van der Waals surface area (Å²) in [4.78, 5) is 11.6. The van der Waals surface area contributed by atoms with Gasteiger partial charge in [0, 0.05) is 12.2 Å². The Morgan fingerprint density at radius 3 is 2.73 bits per heavy atom. The van der Waals surface area contributed by atoms with Crippen molar-refractivity contribution in [3.63, 3.8) is 0 Å².